The van der Waals surface area contributed by atoms with Crippen LogP contribution in [0.5, 0.6) is 5.75 Å². The summed E-state index contributed by atoms with van der Waals surface area (Å²) in [6.45, 7) is 4.05. The highest BCUT2D eigenvalue weighted by Gasteiger charge is 2.28. The number of hydrogen-bond donors (Lipinski definition) is 0. The van der Waals surface area contributed by atoms with E-state index in [1.165, 1.54) is 5.56 Å². The van der Waals surface area contributed by atoms with Crippen LogP contribution in [0, 0.1) is 12.8 Å². The summed E-state index contributed by atoms with van der Waals surface area (Å²) in [5.74, 6) is 1.40. The molecule has 29 heavy (non-hydrogen) atoms. The molecule has 5 heteroatoms. The number of ether oxygens (including phenoxy) is 1. The van der Waals surface area contributed by atoms with Gasteiger partial charge in [-0.05, 0) is 55.4 Å². The molecule has 1 saturated heterocycles. The summed E-state index contributed by atoms with van der Waals surface area (Å²) in [6.07, 6.45) is 3.52. The molecule has 5 nitrogen and oxygen atoms in total. The monoisotopic (exact) mass is 392 g/mol. The Morgan fingerprint density at radius 3 is 2.62 bits per heavy atom. The van der Waals surface area contributed by atoms with Gasteiger partial charge in [0.1, 0.15) is 5.75 Å². The van der Waals surface area contributed by atoms with E-state index in [1.807, 2.05) is 36.1 Å². The molecule has 0 aromatic heterocycles. The third-order valence-corrected chi connectivity index (χ3v) is 5.94. The molecule has 2 aliphatic heterocycles. The minimum absolute atomic E-state index is 0.0368. The van der Waals surface area contributed by atoms with Crippen LogP contribution in [0.3, 0.4) is 0 Å². The summed E-state index contributed by atoms with van der Waals surface area (Å²) in [6, 6.07) is 16.4. The first kappa shape index (κ1) is 19.5. The lowest BCUT2D eigenvalue weighted by molar-refractivity contribution is -0.132. The molecular weight excluding hydrogens is 364 g/mol. The summed E-state index contributed by atoms with van der Waals surface area (Å²) < 4.78 is 5.52. The predicted octanol–water partition coefficient (Wildman–Crippen LogP) is 3.59. The molecule has 2 aliphatic rings. The molecule has 2 aromatic rings. The number of carbonyl (C=O) groups is 2. The third-order valence-electron chi connectivity index (χ3n) is 5.94. The van der Waals surface area contributed by atoms with Crippen molar-refractivity contribution in [1.29, 1.82) is 0 Å². The van der Waals surface area contributed by atoms with E-state index in [1.54, 1.807) is 4.90 Å². The number of amides is 2. The van der Waals surface area contributed by atoms with Crippen LogP contribution in [0.25, 0.3) is 0 Å². The number of rotatable bonds is 5. The zero-order valence-corrected chi connectivity index (χ0v) is 17.0. The van der Waals surface area contributed by atoms with Gasteiger partial charge in [0.2, 0.25) is 5.91 Å². The van der Waals surface area contributed by atoms with Crippen LogP contribution >= 0.6 is 0 Å². The minimum atomic E-state index is -0.0857. The second kappa shape index (κ2) is 8.68. The van der Waals surface area contributed by atoms with Gasteiger partial charge in [-0.3, -0.25) is 9.59 Å². The van der Waals surface area contributed by atoms with Gasteiger partial charge in [0.15, 0.2) is 6.61 Å². The summed E-state index contributed by atoms with van der Waals surface area (Å²) >= 11 is 0. The van der Waals surface area contributed by atoms with Crippen LogP contribution < -0.4 is 9.64 Å². The van der Waals surface area contributed by atoms with E-state index < -0.39 is 0 Å². The fourth-order valence-corrected chi connectivity index (χ4v) is 4.26. The molecule has 0 radical (unpaired) electrons. The Morgan fingerprint density at radius 2 is 1.86 bits per heavy atom. The van der Waals surface area contributed by atoms with Gasteiger partial charge in [0.05, 0.1) is 5.69 Å². The standard InChI is InChI=1S/C24H28N2O3/c1-18-7-8-22-21(15-18)26(24(28)17-29-22)14-11-23(27)25-12-9-20(10-13-25)16-19-5-3-2-4-6-19/h2-8,15,20H,9-14,16-17H2,1H3. The fourth-order valence-electron chi connectivity index (χ4n) is 4.26. The van der Waals surface area contributed by atoms with Gasteiger partial charge in [0, 0.05) is 26.1 Å². The van der Waals surface area contributed by atoms with E-state index in [0.29, 0.717) is 24.6 Å². The molecular formula is C24H28N2O3. The van der Waals surface area contributed by atoms with E-state index in [4.69, 9.17) is 4.74 Å². The van der Waals surface area contributed by atoms with E-state index in [2.05, 4.69) is 24.3 Å². The molecule has 152 valence electrons. The first-order chi connectivity index (χ1) is 14.1. The number of hydrogen-bond acceptors (Lipinski definition) is 3. The lowest BCUT2D eigenvalue weighted by atomic mass is 9.90. The van der Waals surface area contributed by atoms with Crippen LogP contribution in [-0.4, -0.2) is 43.0 Å². The van der Waals surface area contributed by atoms with Crippen molar-refractivity contribution in [2.24, 2.45) is 5.92 Å². The first-order valence-corrected chi connectivity index (χ1v) is 10.5. The SMILES string of the molecule is Cc1ccc2c(c1)N(CCC(=O)N1CCC(Cc3ccccc3)CC1)C(=O)CO2. The smallest absolute Gasteiger partial charge is 0.265 e. The number of likely N-dealkylation sites (tertiary alicyclic amines) is 1. The zero-order valence-electron chi connectivity index (χ0n) is 17.0. The molecule has 2 amide bonds. The number of aryl methyl sites for hydroxylation is 1. The Kier molecular flexibility index (Phi) is 5.84. The number of carbonyl (C=O) groups excluding carboxylic acids is 2. The van der Waals surface area contributed by atoms with Crippen molar-refractivity contribution in [2.75, 3.05) is 31.1 Å². The van der Waals surface area contributed by atoms with Gasteiger partial charge in [-0.2, -0.15) is 0 Å². The maximum Gasteiger partial charge on any atom is 0.265 e. The molecule has 0 N–H and O–H groups in total. The minimum Gasteiger partial charge on any atom is -0.482 e. The number of fused-ring (bicyclic) bond motifs is 1. The highest BCUT2D eigenvalue weighted by Crippen LogP contribution is 2.33. The van der Waals surface area contributed by atoms with Crippen molar-refractivity contribution < 1.29 is 14.3 Å². The average molecular weight is 392 g/mol. The maximum atomic E-state index is 12.7. The highest BCUT2D eigenvalue weighted by atomic mass is 16.5. The fraction of sp³-hybridized carbons (Fsp3) is 0.417. The molecule has 0 saturated carbocycles. The number of nitrogens with zero attached hydrogens (tertiary/aromatic N) is 2. The molecule has 2 aromatic carbocycles. The Hall–Kier alpha value is -2.82. The molecule has 1 fully saturated rings. The normalized spacial score (nSPS) is 17.1. The summed E-state index contributed by atoms with van der Waals surface area (Å²) in [7, 11) is 0. The Balaban J connectivity index is 1.30. The lowest BCUT2D eigenvalue weighted by Gasteiger charge is -2.33. The Morgan fingerprint density at radius 1 is 1.10 bits per heavy atom. The maximum absolute atomic E-state index is 12.7. The molecule has 4 rings (SSSR count). The van der Waals surface area contributed by atoms with Crippen molar-refractivity contribution in [2.45, 2.75) is 32.6 Å². The van der Waals surface area contributed by atoms with Crippen molar-refractivity contribution in [3.63, 3.8) is 0 Å². The van der Waals surface area contributed by atoms with E-state index in [-0.39, 0.29) is 18.4 Å². The molecule has 2 heterocycles. The summed E-state index contributed by atoms with van der Waals surface area (Å²) in [5.41, 5.74) is 3.21. The second-order valence-corrected chi connectivity index (χ2v) is 8.07. The first-order valence-electron chi connectivity index (χ1n) is 10.5. The number of benzene rings is 2. The molecule has 0 bridgehead atoms. The van der Waals surface area contributed by atoms with E-state index >= 15 is 0 Å². The van der Waals surface area contributed by atoms with Crippen molar-refractivity contribution in [1.82, 2.24) is 4.90 Å². The van der Waals surface area contributed by atoms with Crippen LogP contribution in [-0.2, 0) is 16.0 Å². The van der Waals surface area contributed by atoms with Gasteiger partial charge < -0.3 is 14.5 Å². The third kappa shape index (κ3) is 4.61. The van der Waals surface area contributed by atoms with Gasteiger partial charge in [0.25, 0.3) is 5.91 Å². The number of anilines is 1. The molecule has 0 unspecified atom stereocenters. The summed E-state index contributed by atoms with van der Waals surface area (Å²) in [5, 5.41) is 0. The van der Waals surface area contributed by atoms with E-state index in [0.717, 1.165) is 43.6 Å². The van der Waals surface area contributed by atoms with Gasteiger partial charge >= 0.3 is 0 Å². The van der Waals surface area contributed by atoms with Crippen molar-refractivity contribution in [3.05, 3.63) is 59.7 Å². The van der Waals surface area contributed by atoms with Crippen LogP contribution in [0.4, 0.5) is 5.69 Å². The van der Waals surface area contributed by atoms with Crippen LogP contribution in [0.15, 0.2) is 48.5 Å². The Labute approximate surface area is 172 Å². The van der Waals surface area contributed by atoms with Crippen LogP contribution in [0.1, 0.15) is 30.4 Å². The van der Waals surface area contributed by atoms with Crippen molar-refractivity contribution >= 4 is 17.5 Å². The lowest BCUT2D eigenvalue weighted by Crippen LogP contribution is -2.43. The average Bonchev–Trinajstić information content (AvgIpc) is 2.74. The number of piperidine rings is 1. The molecule has 0 aliphatic carbocycles. The largest absolute Gasteiger partial charge is 0.482 e. The quantitative estimate of drug-likeness (QED) is 0.781. The Bertz CT molecular complexity index is 873. The second-order valence-electron chi connectivity index (χ2n) is 8.07. The topological polar surface area (TPSA) is 49.9 Å². The zero-order chi connectivity index (χ0) is 20.2. The van der Waals surface area contributed by atoms with Gasteiger partial charge in [-0.25, -0.2) is 0 Å². The molecule has 0 atom stereocenters. The van der Waals surface area contributed by atoms with Crippen molar-refractivity contribution in [3.8, 4) is 5.75 Å². The predicted molar refractivity (Wildman–Crippen MR) is 113 cm³/mol. The molecule has 0 spiro atoms. The van der Waals surface area contributed by atoms with E-state index in [9.17, 15) is 9.59 Å². The van der Waals surface area contributed by atoms with Gasteiger partial charge in [-0.1, -0.05) is 36.4 Å². The highest BCUT2D eigenvalue weighted by molar-refractivity contribution is 5.98. The summed E-state index contributed by atoms with van der Waals surface area (Å²) in [4.78, 5) is 28.8. The van der Waals surface area contributed by atoms with Crippen LogP contribution in [0.2, 0.25) is 0 Å². The van der Waals surface area contributed by atoms with Gasteiger partial charge in [-0.15, -0.1) is 0 Å².